The number of nitrogens with zero attached hydrogens (tertiary/aromatic N) is 3. The van der Waals surface area contributed by atoms with Crippen molar-refractivity contribution >= 4 is 46.6 Å². The van der Waals surface area contributed by atoms with Gasteiger partial charge in [0.2, 0.25) is 0 Å². The van der Waals surface area contributed by atoms with Crippen molar-refractivity contribution in [2.24, 2.45) is 0 Å². The van der Waals surface area contributed by atoms with Crippen LogP contribution < -0.4 is 4.90 Å². The molecule has 1 aliphatic heterocycles. The molecule has 1 fully saturated rings. The minimum Gasteiger partial charge on any atom is -0.410 e. The van der Waals surface area contributed by atoms with Crippen LogP contribution in [0.15, 0.2) is 36.4 Å². The number of anilines is 1. The summed E-state index contributed by atoms with van der Waals surface area (Å²) in [7, 11) is 1.06. The average Bonchev–Trinajstić information content (AvgIpc) is 2.87. The molecule has 1 saturated heterocycles. The minimum absolute atomic E-state index is 0. The smallest absolute Gasteiger partial charge is 0.410 e. The Morgan fingerprint density at radius 2 is 1.49 bits per heavy atom. The second-order valence-corrected chi connectivity index (χ2v) is 10.3. The second-order valence-electron chi connectivity index (χ2n) is 9.49. The van der Waals surface area contributed by atoms with Crippen LogP contribution in [-0.4, -0.2) is 60.2 Å². The van der Waals surface area contributed by atoms with Crippen LogP contribution in [0.25, 0.3) is 0 Å². The van der Waals surface area contributed by atoms with E-state index < -0.39 is 52.9 Å². The maximum Gasteiger partial charge on any atom is 0.416 e. The third-order valence-electron chi connectivity index (χ3n) is 6.37. The summed E-state index contributed by atoms with van der Waals surface area (Å²) in [5.74, 6) is -1.24. The average molecular weight is 700 g/mol. The molecule has 0 N–H and O–H groups in total. The van der Waals surface area contributed by atoms with Crippen molar-refractivity contribution in [2.45, 2.75) is 38.7 Å². The van der Waals surface area contributed by atoms with E-state index in [9.17, 15) is 40.7 Å². The van der Waals surface area contributed by atoms with Crippen LogP contribution in [0.1, 0.15) is 30.5 Å². The summed E-state index contributed by atoms with van der Waals surface area (Å²) in [4.78, 5) is 41.7. The van der Waals surface area contributed by atoms with Crippen LogP contribution in [0, 0.1) is 5.92 Å². The van der Waals surface area contributed by atoms with Crippen molar-refractivity contribution in [2.75, 3.05) is 31.6 Å². The number of halogens is 8. The van der Waals surface area contributed by atoms with Crippen molar-refractivity contribution in [1.82, 2.24) is 9.80 Å². The number of carbonyl (C=O) groups is 3. The summed E-state index contributed by atoms with van der Waals surface area (Å²) >= 11 is 12.1. The van der Waals surface area contributed by atoms with Crippen LogP contribution in [0.5, 0.6) is 0 Å². The summed E-state index contributed by atoms with van der Waals surface area (Å²) in [6.07, 6.45) is -10.1. The van der Waals surface area contributed by atoms with Gasteiger partial charge in [0.05, 0.1) is 33.0 Å². The Bertz CT molecular complexity index is 1270. The van der Waals surface area contributed by atoms with Crippen LogP contribution in [0.4, 0.5) is 36.8 Å². The number of benzene rings is 2. The van der Waals surface area contributed by atoms with Crippen LogP contribution in [-0.2, 0) is 61.1 Å². The Balaban J connectivity index is 0.00000588. The van der Waals surface area contributed by atoms with Crippen molar-refractivity contribution in [3.63, 3.8) is 0 Å². The molecule has 6 nitrogen and oxygen atoms in total. The maximum absolute atomic E-state index is 13.5. The zero-order chi connectivity index (χ0) is 30.2. The molecule has 1 atom stereocenters. The first-order chi connectivity index (χ1) is 18.4. The minimum atomic E-state index is -5.09. The van der Waals surface area contributed by atoms with Crippen LogP contribution in [0.3, 0.4) is 0 Å². The topological polar surface area (TPSA) is 60.9 Å². The molecule has 1 radical (unpaired) electrons. The Morgan fingerprint density at radius 1 is 0.927 bits per heavy atom. The first kappa shape index (κ1) is 35.2. The molecular formula is C26H24Cl2F6N3O3Y-. The van der Waals surface area contributed by atoms with E-state index in [1.54, 1.807) is 6.07 Å². The Labute approximate surface area is 267 Å². The van der Waals surface area contributed by atoms with Gasteiger partial charge in [-0.2, -0.15) is 32.3 Å². The number of Topliss-reactive ketones (excluding diaryl/α,β-unsaturated/α-hetero) is 1. The van der Waals surface area contributed by atoms with Gasteiger partial charge in [-0.1, -0.05) is 29.3 Å². The van der Waals surface area contributed by atoms with E-state index in [0.717, 1.165) is 7.05 Å². The van der Waals surface area contributed by atoms with Gasteiger partial charge in [0, 0.05) is 65.1 Å². The zero-order valence-corrected chi connectivity index (χ0v) is 26.4. The summed E-state index contributed by atoms with van der Waals surface area (Å²) in [5, 5.41) is 0.482. The number of rotatable bonds is 5. The molecule has 221 valence electrons. The summed E-state index contributed by atoms with van der Waals surface area (Å²) in [6, 6.07) is 3.87. The number of piperazine rings is 1. The van der Waals surface area contributed by atoms with Gasteiger partial charge in [0.15, 0.2) is 0 Å². The Hall–Kier alpha value is -2.02. The second kappa shape index (κ2) is 13.5. The summed E-state index contributed by atoms with van der Waals surface area (Å²) < 4.78 is 80.4. The largest absolute Gasteiger partial charge is 0.416 e. The van der Waals surface area contributed by atoms with E-state index in [4.69, 9.17) is 23.2 Å². The first-order valence-electron chi connectivity index (χ1n) is 11.8. The van der Waals surface area contributed by atoms with E-state index in [1.165, 1.54) is 35.8 Å². The molecule has 1 aliphatic rings. The molecule has 3 amide bonds. The molecule has 0 unspecified atom stereocenters. The molecule has 0 spiro atoms. The van der Waals surface area contributed by atoms with Gasteiger partial charge >= 0.3 is 18.4 Å². The fraction of sp³-hybridized carbons (Fsp3) is 0.385. The predicted octanol–water partition coefficient (Wildman–Crippen LogP) is 6.52. The number of hydrogen-bond donors (Lipinski definition) is 0. The fourth-order valence-corrected chi connectivity index (χ4v) is 4.52. The predicted molar refractivity (Wildman–Crippen MR) is 137 cm³/mol. The summed E-state index contributed by atoms with van der Waals surface area (Å²) in [6.45, 7) is 2.63. The van der Waals surface area contributed by atoms with Crippen molar-refractivity contribution in [3.05, 3.63) is 69.1 Å². The third-order valence-corrected chi connectivity index (χ3v) is 7.11. The van der Waals surface area contributed by atoms with E-state index in [-0.39, 0.29) is 80.8 Å². The molecule has 3 rings (SSSR count). The monoisotopic (exact) mass is 699 g/mol. The normalized spacial score (nSPS) is 15.7. The van der Waals surface area contributed by atoms with E-state index in [0.29, 0.717) is 22.6 Å². The van der Waals surface area contributed by atoms with Crippen molar-refractivity contribution in [3.8, 4) is 0 Å². The molecule has 0 saturated carbocycles. The molecule has 15 heteroatoms. The summed E-state index contributed by atoms with van der Waals surface area (Å²) in [5.41, 5.74) is -3.16. The van der Waals surface area contributed by atoms with Gasteiger partial charge in [-0.15, -0.1) is 13.8 Å². The van der Waals surface area contributed by atoms with E-state index in [2.05, 4.69) is 0 Å². The molecule has 0 aliphatic carbocycles. The molecule has 2 aromatic carbocycles. The van der Waals surface area contributed by atoms with Crippen LogP contribution in [0.2, 0.25) is 10.0 Å². The molecule has 1 heterocycles. The Morgan fingerprint density at radius 3 is 1.98 bits per heavy atom. The molecule has 41 heavy (non-hydrogen) atoms. The molecule has 2 aromatic rings. The van der Waals surface area contributed by atoms with Crippen LogP contribution >= 0.6 is 23.2 Å². The number of urea groups is 1. The number of hydrogen-bond acceptors (Lipinski definition) is 3. The third kappa shape index (κ3) is 8.52. The van der Waals surface area contributed by atoms with Gasteiger partial charge < -0.3 is 19.4 Å². The number of carbonyl (C=O) groups excluding carboxylic acids is 3. The van der Waals surface area contributed by atoms with E-state index in [1.807, 2.05) is 0 Å². The zero-order valence-electron chi connectivity index (χ0n) is 22.0. The van der Waals surface area contributed by atoms with Gasteiger partial charge in [0.25, 0.3) is 0 Å². The quantitative estimate of drug-likeness (QED) is 0.203. The maximum atomic E-state index is 13.5. The Kier molecular flexibility index (Phi) is 11.6. The van der Waals surface area contributed by atoms with Gasteiger partial charge in [0.1, 0.15) is 5.91 Å². The standard InChI is InChI=1S/C26H24Cl2F6N3O3.Y/c1-14(2)22(38)23(39)36-6-7-37(19(13-36)8-15-4-5-20(27)21(28)9-15)24(40)35(3)18-11-16(25(29,30)31)10-17(12-18)26(32,33)34;/h4-5,9-12,19H,6-8,13H2,1-3H3;/q-1;/t19-;/m1./s1. The molecule has 0 bridgehead atoms. The van der Waals surface area contributed by atoms with Gasteiger partial charge in [-0.05, 0) is 42.3 Å². The number of amides is 3. The molecule has 0 aromatic heterocycles. The SMILES string of the molecule is C[C-](C)C(=O)C(=O)N1CCN(C(=O)N(C)c2cc(C(F)(F)F)cc(C(F)(F)F)c2)[C@H](Cc2ccc(Cl)c(Cl)c2)C1.[Y]. The van der Waals surface area contributed by atoms with Crippen molar-refractivity contribution in [1.29, 1.82) is 0 Å². The van der Waals surface area contributed by atoms with Crippen molar-refractivity contribution < 1.29 is 73.4 Å². The first-order valence-corrected chi connectivity index (χ1v) is 12.6. The van der Waals surface area contributed by atoms with E-state index >= 15 is 0 Å². The number of ketones is 1. The molecular weight excluding hydrogens is 676 g/mol. The van der Waals surface area contributed by atoms with Gasteiger partial charge in [-0.3, -0.25) is 4.90 Å². The fourth-order valence-electron chi connectivity index (χ4n) is 4.20. The number of alkyl halides is 6. The van der Waals surface area contributed by atoms with Gasteiger partial charge in [-0.25, -0.2) is 4.79 Å².